The van der Waals surface area contributed by atoms with Crippen molar-refractivity contribution < 1.29 is 9.90 Å². The second kappa shape index (κ2) is 7.35. The van der Waals surface area contributed by atoms with Crippen LogP contribution < -0.4 is 0 Å². The van der Waals surface area contributed by atoms with E-state index in [1.807, 2.05) is 61.5 Å². The molecule has 1 N–H and O–H groups in total. The first-order chi connectivity index (χ1) is 11.7. The molecule has 0 radical (unpaired) electrons. The summed E-state index contributed by atoms with van der Waals surface area (Å²) in [6.45, 7) is 3.78. The fraction of sp³-hybridized carbons (Fsp3) is 0.286. The molecule has 2 aromatic rings. The predicted molar refractivity (Wildman–Crippen MR) is 98.7 cm³/mol. The van der Waals surface area contributed by atoms with Crippen molar-refractivity contribution in [3.63, 3.8) is 0 Å². The zero-order valence-electron chi connectivity index (χ0n) is 14.0. The van der Waals surface area contributed by atoms with Crippen LogP contribution in [0.4, 0.5) is 0 Å². The van der Waals surface area contributed by atoms with Crippen LogP contribution in [0.15, 0.2) is 60.3 Å². The maximum absolute atomic E-state index is 12.1. The number of rotatable bonds is 4. The largest absolute Gasteiger partial charge is 0.478 e. The molecule has 1 fully saturated rings. The van der Waals surface area contributed by atoms with Crippen LogP contribution in [0.25, 0.3) is 16.3 Å². The van der Waals surface area contributed by atoms with Crippen LogP contribution in [0.2, 0.25) is 0 Å². The van der Waals surface area contributed by atoms with Crippen LogP contribution in [-0.2, 0) is 4.79 Å². The van der Waals surface area contributed by atoms with E-state index in [9.17, 15) is 9.90 Å². The summed E-state index contributed by atoms with van der Waals surface area (Å²) in [4.78, 5) is 14.3. The number of hydrogen-bond acceptors (Lipinski definition) is 2. The molecule has 0 aliphatic carbocycles. The van der Waals surface area contributed by atoms with Gasteiger partial charge < -0.3 is 10.0 Å². The number of allylic oxidation sites excluding steroid dienone is 2. The molecule has 24 heavy (non-hydrogen) atoms. The number of likely N-dealkylation sites (tertiary alicyclic amines) is 1. The molecule has 0 bridgehead atoms. The molecule has 124 valence electrons. The van der Waals surface area contributed by atoms with Crippen molar-refractivity contribution in [1.29, 1.82) is 0 Å². The van der Waals surface area contributed by atoms with Gasteiger partial charge in [-0.2, -0.15) is 0 Å². The Morgan fingerprint density at radius 2 is 1.75 bits per heavy atom. The summed E-state index contributed by atoms with van der Waals surface area (Å²) < 4.78 is 0. The first-order valence-electron chi connectivity index (χ1n) is 8.55. The summed E-state index contributed by atoms with van der Waals surface area (Å²) in [6, 6.07) is 13.9. The van der Waals surface area contributed by atoms with Crippen LogP contribution in [0, 0.1) is 0 Å². The lowest BCUT2D eigenvalue weighted by atomic mass is 9.98. The van der Waals surface area contributed by atoms with Gasteiger partial charge in [-0.15, -0.1) is 0 Å². The lowest BCUT2D eigenvalue weighted by Crippen LogP contribution is -2.30. The molecule has 1 saturated heterocycles. The SMILES string of the molecule is CC=CC(=C(C(=O)O)c1ccc2ccccc2c1)N1CCCCC1. The Labute approximate surface area is 142 Å². The van der Waals surface area contributed by atoms with Gasteiger partial charge in [-0.25, -0.2) is 4.79 Å². The molecular weight excluding hydrogens is 298 g/mol. The third-order valence-corrected chi connectivity index (χ3v) is 4.53. The normalized spacial score (nSPS) is 16.5. The number of hydrogen-bond donors (Lipinski definition) is 1. The summed E-state index contributed by atoms with van der Waals surface area (Å²) in [7, 11) is 0. The quantitative estimate of drug-likeness (QED) is 0.655. The molecule has 2 aromatic carbocycles. The first kappa shape index (κ1) is 16.3. The van der Waals surface area contributed by atoms with Crippen molar-refractivity contribution in [3.05, 3.63) is 65.9 Å². The maximum Gasteiger partial charge on any atom is 0.338 e. The molecule has 1 aliphatic rings. The van der Waals surface area contributed by atoms with Crippen LogP contribution in [-0.4, -0.2) is 29.1 Å². The molecule has 0 aromatic heterocycles. The number of benzene rings is 2. The second-order valence-corrected chi connectivity index (χ2v) is 6.18. The number of fused-ring (bicyclic) bond motifs is 1. The number of nitrogens with zero attached hydrogens (tertiary/aromatic N) is 1. The van der Waals surface area contributed by atoms with Gasteiger partial charge in [0, 0.05) is 13.1 Å². The highest BCUT2D eigenvalue weighted by atomic mass is 16.4. The van der Waals surface area contributed by atoms with Crippen LogP contribution >= 0.6 is 0 Å². The van der Waals surface area contributed by atoms with Crippen molar-refractivity contribution in [2.24, 2.45) is 0 Å². The minimum Gasteiger partial charge on any atom is -0.478 e. The Morgan fingerprint density at radius 3 is 2.42 bits per heavy atom. The van der Waals surface area contributed by atoms with Crippen molar-refractivity contribution in [1.82, 2.24) is 4.90 Å². The molecule has 0 amide bonds. The molecular formula is C21H23NO2. The van der Waals surface area contributed by atoms with Crippen LogP contribution in [0.3, 0.4) is 0 Å². The number of carboxylic acids is 1. The average Bonchev–Trinajstić information content (AvgIpc) is 2.61. The summed E-state index contributed by atoms with van der Waals surface area (Å²) in [5, 5.41) is 12.1. The lowest BCUT2D eigenvalue weighted by molar-refractivity contribution is -0.130. The predicted octanol–water partition coefficient (Wildman–Crippen LogP) is 4.70. The van der Waals surface area contributed by atoms with Gasteiger partial charge in [0.05, 0.1) is 11.3 Å². The highest BCUT2D eigenvalue weighted by molar-refractivity contribution is 6.17. The molecule has 3 heteroatoms. The molecule has 1 heterocycles. The summed E-state index contributed by atoms with van der Waals surface area (Å²) in [6.07, 6.45) is 7.31. The third-order valence-electron chi connectivity index (χ3n) is 4.53. The van der Waals surface area contributed by atoms with E-state index in [4.69, 9.17) is 0 Å². The molecule has 3 rings (SSSR count). The van der Waals surface area contributed by atoms with Gasteiger partial charge in [0.15, 0.2) is 0 Å². The molecule has 0 spiro atoms. The molecule has 1 aliphatic heterocycles. The Morgan fingerprint density at radius 1 is 1.04 bits per heavy atom. The topological polar surface area (TPSA) is 40.5 Å². The molecule has 0 atom stereocenters. The monoisotopic (exact) mass is 321 g/mol. The van der Waals surface area contributed by atoms with Crippen molar-refractivity contribution in [2.45, 2.75) is 26.2 Å². The van der Waals surface area contributed by atoms with E-state index in [1.54, 1.807) is 0 Å². The molecule has 0 unspecified atom stereocenters. The van der Waals surface area contributed by atoms with E-state index >= 15 is 0 Å². The highest BCUT2D eigenvalue weighted by Gasteiger charge is 2.21. The Hall–Kier alpha value is -2.55. The van der Waals surface area contributed by atoms with Crippen LogP contribution in [0.1, 0.15) is 31.7 Å². The van der Waals surface area contributed by atoms with Gasteiger partial charge in [0.2, 0.25) is 0 Å². The van der Waals surface area contributed by atoms with Gasteiger partial charge in [-0.3, -0.25) is 0 Å². The summed E-state index contributed by atoms with van der Waals surface area (Å²) in [5.41, 5.74) is 1.97. The zero-order chi connectivity index (χ0) is 16.9. The van der Waals surface area contributed by atoms with E-state index in [0.717, 1.165) is 48.0 Å². The van der Waals surface area contributed by atoms with E-state index in [-0.39, 0.29) is 0 Å². The van der Waals surface area contributed by atoms with Crippen LogP contribution in [0.5, 0.6) is 0 Å². The number of aliphatic carboxylic acids is 1. The average molecular weight is 321 g/mol. The van der Waals surface area contributed by atoms with Gasteiger partial charge >= 0.3 is 5.97 Å². The Balaban J connectivity index is 2.15. The lowest BCUT2D eigenvalue weighted by Gasteiger charge is -2.31. The van der Waals surface area contributed by atoms with E-state index in [2.05, 4.69) is 4.90 Å². The highest BCUT2D eigenvalue weighted by Crippen LogP contribution is 2.28. The minimum atomic E-state index is -0.871. The second-order valence-electron chi connectivity index (χ2n) is 6.18. The molecule has 3 nitrogen and oxygen atoms in total. The number of piperidine rings is 1. The Bertz CT molecular complexity index is 798. The smallest absolute Gasteiger partial charge is 0.338 e. The third kappa shape index (κ3) is 3.35. The summed E-state index contributed by atoms with van der Waals surface area (Å²) in [5.74, 6) is -0.871. The number of carboxylic acid groups (broad SMARTS) is 1. The minimum absolute atomic E-state index is 0.390. The van der Waals surface area contributed by atoms with E-state index in [0.29, 0.717) is 5.57 Å². The van der Waals surface area contributed by atoms with Crippen molar-refractivity contribution in [2.75, 3.05) is 13.1 Å². The van der Waals surface area contributed by atoms with Gasteiger partial charge in [0.1, 0.15) is 0 Å². The van der Waals surface area contributed by atoms with E-state index < -0.39 is 5.97 Å². The Kier molecular flexibility index (Phi) is 4.99. The fourth-order valence-electron chi connectivity index (χ4n) is 3.37. The van der Waals surface area contributed by atoms with Gasteiger partial charge in [0.25, 0.3) is 0 Å². The number of carbonyl (C=O) groups is 1. The first-order valence-corrected chi connectivity index (χ1v) is 8.55. The summed E-state index contributed by atoms with van der Waals surface area (Å²) >= 11 is 0. The van der Waals surface area contributed by atoms with Gasteiger partial charge in [-0.1, -0.05) is 42.5 Å². The maximum atomic E-state index is 12.1. The standard InChI is InChI=1S/C21H23NO2/c1-2-8-19(22-13-6-3-7-14-22)20(21(23)24)18-12-11-16-9-4-5-10-17(16)15-18/h2,4-5,8-12,15H,3,6-7,13-14H2,1H3,(H,23,24). The fourth-order valence-corrected chi connectivity index (χ4v) is 3.37. The molecule has 0 saturated carbocycles. The van der Waals surface area contributed by atoms with Crippen molar-refractivity contribution in [3.8, 4) is 0 Å². The van der Waals surface area contributed by atoms with Crippen molar-refractivity contribution >= 4 is 22.3 Å². The zero-order valence-corrected chi connectivity index (χ0v) is 14.0. The van der Waals surface area contributed by atoms with Gasteiger partial charge in [-0.05, 0) is 54.7 Å². The van der Waals surface area contributed by atoms with E-state index in [1.165, 1.54) is 6.42 Å².